The van der Waals surface area contributed by atoms with Gasteiger partial charge in [0.15, 0.2) is 0 Å². The Balaban J connectivity index is 3.05. The van der Waals surface area contributed by atoms with E-state index in [1.165, 1.54) is 5.56 Å². The van der Waals surface area contributed by atoms with Gasteiger partial charge in [0.2, 0.25) is 0 Å². The van der Waals surface area contributed by atoms with Gasteiger partial charge in [0, 0.05) is 5.71 Å². The highest BCUT2D eigenvalue weighted by Gasteiger charge is 1.95. The third-order valence-corrected chi connectivity index (χ3v) is 1.72. The first-order valence-electron chi connectivity index (χ1n) is 4.34. The molecule has 1 aromatic rings. The number of aryl methyl sites for hydroxylation is 1. The maximum absolute atomic E-state index is 4.45. The lowest BCUT2D eigenvalue weighted by atomic mass is 10.1. The van der Waals surface area contributed by atoms with Crippen LogP contribution >= 0.6 is 0 Å². The van der Waals surface area contributed by atoms with Gasteiger partial charge in [-0.05, 0) is 31.9 Å². The van der Waals surface area contributed by atoms with Gasteiger partial charge in [-0.25, -0.2) is 0 Å². The van der Waals surface area contributed by atoms with Gasteiger partial charge in [-0.1, -0.05) is 25.1 Å². The number of aliphatic imine (C=N–C) groups is 1. The average Bonchev–Trinajstić information content (AvgIpc) is 2.04. The van der Waals surface area contributed by atoms with E-state index in [1.54, 1.807) is 0 Å². The Bertz CT molecular complexity index is 283. The first-order valence-corrected chi connectivity index (χ1v) is 4.34. The summed E-state index contributed by atoms with van der Waals surface area (Å²) in [6.45, 7) is 6.19. The van der Waals surface area contributed by atoms with E-state index in [9.17, 15) is 0 Å². The van der Waals surface area contributed by atoms with Crippen LogP contribution in [0.1, 0.15) is 26.3 Å². The standard InChI is InChI=1S/C11H15N/c1-4-10-7-5-6-8-11(10)12-9(2)3/h5-8H,4H2,1-3H3. The summed E-state index contributed by atoms with van der Waals surface area (Å²) < 4.78 is 0. The van der Waals surface area contributed by atoms with E-state index in [-0.39, 0.29) is 0 Å². The zero-order chi connectivity index (χ0) is 8.97. The lowest BCUT2D eigenvalue weighted by Gasteiger charge is -2.01. The second-order valence-electron chi connectivity index (χ2n) is 3.04. The van der Waals surface area contributed by atoms with Gasteiger partial charge in [-0.15, -0.1) is 0 Å². The molecule has 0 radical (unpaired) electrons. The molecule has 0 saturated heterocycles. The topological polar surface area (TPSA) is 12.4 Å². The molecule has 1 aromatic carbocycles. The Kier molecular flexibility index (Phi) is 3.03. The number of hydrogen-bond donors (Lipinski definition) is 0. The zero-order valence-corrected chi connectivity index (χ0v) is 7.96. The molecule has 0 aromatic heterocycles. The summed E-state index contributed by atoms with van der Waals surface area (Å²) >= 11 is 0. The molecule has 64 valence electrons. The fraction of sp³-hybridized carbons (Fsp3) is 0.364. The minimum absolute atomic E-state index is 1.05. The molecule has 0 fully saturated rings. The molecule has 0 bridgehead atoms. The summed E-state index contributed by atoms with van der Waals surface area (Å²) in [6.07, 6.45) is 1.05. The maximum atomic E-state index is 4.45. The molecule has 1 rings (SSSR count). The quantitative estimate of drug-likeness (QED) is 0.590. The molecule has 12 heavy (non-hydrogen) atoms. The van der Waals surface area contributed by atoms with E-state index in [0.29, 0.717) is 0 Å². The van der Waals surface area contributed by atoms with E-state index in [2.05, 4.69) is 30.1 Å². The molecule has 0 aliphatic heterocycles. The van der Waals surface area contributed by atoms with Crippen LogP contribution < -0.4 is 0 Å². The van der Waals surface area contributed by atoms with E-state index < -0.39 is 0 Å². The van der Waals surface area contributed by atoms with Crippen molar-refractivity contribution in [2.45, 2.75) is 27.2 Å². The van der Waals surface area contributed by atoms with Gasteiger partial charge in [0.05, 0.1) is 5.69 Å². The third-order valence-electron chi connectivity index (χ3n) is 1.72. The molecule has 0 spiro atoms. The monoisotopic (exact) mass is 161 g/mol. The Hall–Kier alpha value is -1.11. The first kappa shape index (κ1) is 8.98. The third kappa shape index (κ3) is 2.19. The van der Waals surface area contributed by atoms with Crippen LogP contribution in [-0.4, -0.2) is 5.71 Å². The van der Waals surface area contributed by atoms with E-state index >= 15 is 0 Å². The van der Waals surface area contributed by atoms with Crippen molar-refractivity contribution in [1.82, 2.24) is 0 Å². The zero-order valence-electron chi connectivity index (χ0n) is 7.96. The van der Waals surface area contributed by atoms with Crippen LogP contribution in [0.4, 0.5) is 5.69 Å². The molecule has 0 unspecified atom stereocenters. The van der Waals surface area contributed by atoms with Crippen LogP contribution in [0.3, 0.4) is 0 Å². The van der Waals surface area contributed by atoms with Gasteiger partial charge < -0.3 is 0 Å². The largest absolute Gasteiger partial charge is 0.258 e. The van der Waals surface area contributed by atoms with Gasteiger partial charge in [0.25, 0.3) is 0 Å². The minimum Gasteiger partial charge on any atom is -0.258 e. The smallest absolute Gasteiger partial charge is 0.0660 e. The van der Waals surface area contributed by atoms with Crippen molar-refractivity contribution in [3.05, 3.63) is 29.8 Å². The summed E-state index contributed by atoms with van der Waals surface area (Å²) in [6, 6.07) is 8.28. The summed E-state index contributed by atoms with van der Waals surface area (Å²) in [7, 11) is 0. The highest BCUT2D eigenvalue weighted by Crippen LogP contribution is 2.18. The van der Waals surface area contributed by atoms with Gasteiger partial charge in [-0.3, -0.25) is 4.99 Å². The Morgan fingerprint density at radius 1 is 1.25 bits per heavy atom. The second kappa shape index (κ2) is 4.05. The molecule has 0 heterocycles. The molecule has 0 N–H and O–H groups in total. The fourth-order valence-electron chi connectivity index (χ4n) is 1.16. The normalized spacial score (nSPS) is 9.58. The molecular weight excluding hydrogens is 146 g/mol. The van der Waals surface area contributed by atoms with E-state index in [4.69, 9.17) is 0 Å². The highest BCUT2D eigenvalue weighted by molar-refractivity contribution is 5.82. The number of hydrogen-bond acceptors (Lipinski definition) is 1. The average molecular weight is 161 g/mol. The predicted molar refractivity (Wildman–Crippen MR) is 54.3 cm³/mol. The number of benzene rings is 1. The van der Waals surface area contributed by atoms with Crippen LogP contribution in [-0.2, 0) is 6.42 Å². The summed E-state index contributed by atoms with van der Waals surface area (Å²) in [5.41, 5.74) is 3.54. The Labute approximate surface area is 74.2 Å². The summed E-state index contributed by atoms with van der Waals surface area (Å²) in [5, 5.41) is 0. The Morgan fingerprint density at radius 3 is 2.50 bits per heavy atom. The molecule has 0 aliphatic rings. The molecule has 0 amide bonds. The molecule has 1 nitrogen and oxygen atoms in total. The minimum atomic E-state index is 1.05. The first-order chi connectivity index (χ1) is 5.74. The van der Waals surface area contributed by atoms with Crippen LogP contribution in [0.2, 0.25) is 0 Å². The van der Waals surface area contributed by atoms with Crippen LogP contribution in [0.5, 0.6) is 0 Å². The lowest BCUT2D eigenvalue weighted by Crippen LogP contribution is -1.83. The molecule has 0 atom stereocenters. The number of nitrogens with zero attached hydrogens (tertiary/aromatic N) is 1. The molecule has 1 heteroatoms. The SMILES string of the molecule is CCc1ccccc1N=C(C)C. The molecular formula is C11H15N. The highest BCUT2D eigenvalue weighted by atomic mass is 14.7. The lowest BCUT2D eigenvalue weighted by molar-refractivity contribution is 1.13. The number of para-hydroxylation sites is 1. The molecule has 0 aliphatic carbocycles. The summed E-state index contributed by atoms with van der Waals surface area (Å²) in [4.78, 5) is 4.45. The Morgan fingerprint density at radius 2 is 1.92 bits per heavy atom. The van der Waals surface area contributed by atoms with Gasteiger partial charge in [0.1, 0.15) is 0 Å². The fourth-order valence-corrected chi connectivity index (χ4v) is 1.16. The van der Waals surface area contributed by atoms with Gasteiger partial charge >= 0.3 is 0 Å². The van der Waals surface area contributed by atoms with Crippen molar-refractivity contribution < 1.29 is 0 Å². The van der Waals surface area contributed by atoms with Gasteiger partial charge in [-0.2, -0.15) is 0 Å². The van der Waals surface area contributed by atoms with Crippen LogP contribution in [0, 0.1) is 0 Å². The van der Waals surface area contributed by atoms with Crippen molar-refractivity contribution in [2.75, 3.05) is 0 Å². The second-order valence-corrected chi connectivity index (χ2v) is 3.04. The number of rotatable bonds is 2. The van der Waals surface area contributed by atoms with Crippen LogP contribution in [0.15, 0.2) is 29.3 Å². The van der Waals surface area contributed by atoms with Crippen molar-refractivity contribution in [2.24, 2.45) is 4.99 Å². The summed E-state index contributed by atoms with van der Waals surface area (Å²) in [5.74, 6) is 0. The van der Waals surface area contributed by atoms with Crippen molar-refractivity contribution in [3.8, 4) is 0 Å². The van der Waals surface area contributed by atoms with Crippen molar-refractivity contribution in [3.63, 3.8) is 0 Å². The van der Waals surface area contributed by atoms with E-state index in [1.807, 2.05) is 19.9 Å². The van der Waals surface area contributed by atoms with Crippen molar-refractivity contribution >= 4 is 11.4 Å². The van der Waals surface area contributed by atoms with Crippen molar-refractivity contribution in [1.29, 1.82) is 0 Å². The predicted octanol–water partition coefficient (Wildman–Crippen LogP) is 3.36. The van der Waals surface area contributed by atoms with E-state index in [0.717, 1.165) is 17.8 Å². The molecule has 0 saturated carbocycles. The van der Waals surface area contributed by atoms with Crippen LogP contribution in [0.25, 0.3) is 0 Å². The maximum Gasteiger partial charge on any atom is 0.0660 e.